The molecule has 0 saturated carbocycles. The van der Waals surface area contributed by atoms with Gasteiger partial charge in [0.2, 0.25) is 5.91 Å². The molecule has 1 aliphatic heterocycles. The smallest absolute Gasteiger partial charge is 0.221 e. The van der Waals surface area contributed by atoms with Crippen LogP contribution in [0.25, 0.3) is 0 Å². The van der Waals surface area contributed by atoms with E-state index in [0.29, 0.717) is 0 Å². The van der Waals surface area contributed by atoms with E-state index in [-0.39, 0.29) is 18.9 Å². The predicted molar refractivity (Wildman–Crippen MR) is 57.0 cm³/mol. The van der Waals surface area contributed by atoms with E-state index >= 15 is 0 Å². The molecule has 100 valence electrons. The van der Waals surface area contributed by atoms with Gasteiger partial charge in [-0.15, -0.1) is 0 Å². The fraction of sp³-hybridized carbons (Fsp3) is 0.900. The highest BCUT2D eigenvalue weighted by Crippen LogP contribution is 2.21. The first-order valence-electron chi connectivity index (χ1n) is 5.49. The van der Waals surface area contributed by atoms with Crippen LogP contribution < -0.4 is 5.32 Å². The van der Waals surface area contributed by atoms with Gasteiger partial charge in [0, 0.05) is 13.5 Å². The van der Waals surface area contributed by atoms with E-state index in [0.717, 1.165) is 0 Å². The van der Waals surface area contributed by atoms with Crippen molar-refractivity contribution in [2.45, 2.75) is 44.0 Å². The molecule has 5 atom stereocenters. The van der Waals surface area contributed by atoms with Crippen molar-refractivity contribution in [3.8, 4) is 0 Å². The second kappa shape index (κ2) is 6.27. The number of carbonyl (C=O) groups is 1. The highest BCUT2D eigenvalue weighted by Gasteiger charge is 2.44. The molecule has 0 aliphatic carbocycles. The van der Waals surface area contributed by atoms with Gasteiger partial charge in [0.25, 0.3) is 0 Å². The van der Waals surface area contributed by atoms with Crippen LogP contribution in [0.1, 0.15) is 13.3 Å². The summed E-state index contributed by atoms with van der Waals surface area (Å²) in [4.78, 5) is 11.2. The van der Waals surface area contributed by atoms with Crippen LogP contribution in [0.3, 0.4) is 0 Å². The Labute approximate surface area is 99.3 Å². The topological polar surface area (TPSA) is 108 Å². The lowest BCUT2D eigenvalue weighted by atomic mass is 9.98. The van der Waals surface area contributed by atoms with Gasteiger partial charge in [0.1, 0.15) is 24.4 Å². The molecular formula is C10H19NO6. The van der Waals surface area contributed by atoms with E-state index in [4.69, 9.17) is 14.6 Å². The molecule has 0 aromatic heterocycles. The van der Waals surface area contributed by atoms with Crippen molar-refractivity contribution >= 4 is 5.91 Å². The van der Waals surface area contributed by atoms with Gasteiger partial charge in [-0.1, -0.05) is 6.92 Å². The van der Waals surface area contributed by atoms with Crippen LogP contribution in [0.5, 0.6) is 0 Å². The first-order valence-corrected chi connectivity index (χ1v) is 5.49. The van der Waals surface area contributed by atoms with Crippen LogP contribution in [-0.2, 0) is 14.3 Å². The highest BCUT2D eigenvalue weighted by atomic mass is 16.6. The Morgan fingerprint density at radius 2 is 2.06 bits per heavy atom. The number of nitrogens with one attached hydrogen (secondary N) is 1. The van der Waals surface area contributed by atoms with Crippen molar-refractivity contribution in [3.05, 3.63) is 0 Å². The van der Waals surface area contributed by atoms with Crippen molar-refractivity contribution < 1.29 is 29.6 Å². The van der Waals surface area contributed by atoms with Gasteiger partial charge in [-0.2, -0.15) is 0 Å². The number of aliphatic hydroxyl groups is 3. The maximum absolute atomic E-state index is 11.2. The molecule has 1 amide bonds. The quantitative estimate of drug-likeness (QED) is 0.457. The Balaban J connectivity index is 2.72. The maximum atomic E-state index is 11.2. The molecule has 17 heavy (non-hydrogen) atoms. The first-order chi connectivity index (χ1) is 8.04. The van der Waals surface area contributed by atoms with Gasteiger partial charge in [-0.3, -0.25) is 4.79 Å². The predicted octanol–water partition coefficient (Wildman–Crippen LogP) is -2.03. The van der Waals surface area contributed by atoms with E-state index in [9.17, 15) is 15.0 Å². The monoisotopic (exact) mass is 249 g/mol. The summed E-state index contributed by atoms with van der Waals surface area (Å²) in [5, 5.41) is 31.0. The molecule has 2 unspecified atom stereocenters. The molecular weight excluding hydrogens is 230 g/mol. The molecule has 0 aromatic carbocycles. The van der Waals surface area contributed by atoms with Crippen molar-refractivity contribution in [1.29, 1.82) is 0 Å². The molecule has 1 fully saturated rings. The van der Waals surface area contributed by atoms with E-state index in [1.54, 1.807) is 6.92 Å². The van der Waals surface area contributed by atoms with Gasteiger partial charge in [0.15, 0.2) is 6.23 Å². The molecule has 0 spiro atoms. The lowest BCUT2D eigenvalue weighted by Crippen LogP contribution is -2.63. The number of hydrogen-bond donors (Lipinski definition) is 4. The summed E-state index contributed by atoms with van der Waals surface area (Å²) < 4.78 is 10.2. The summed E-state index contributed by atoms with van der Waals surface area (Å²) >= 11 is 0. The van der Waals surface area contributed by atoms with E-state index < -0.39 is 30.6 Å². The third kappa shape index (κ3) is 3.14. The van der Waals surface area contributed by atoms with E-state index in [2.05, 4.69) is 5.32 Å². The molecule has 1 aliphatic rings. The zero-order chi connectivity index (χ0) is 13.0. The van der Waals surface area contributed by atoms with Crippen molar-refractivity contribution in [2.75, 3.05) is 13.7 Å². The van der Waals surface area contributed by atoms with E-state index in [1.807, 2.05) is 0 Å². The summed E-state index contributed by atoms with van der Waals surface area (Å²) in [6.45, 7) is 1.28. The summed E-state index contributed by atoms with van der Waals surface area (Å²) in [5.41, 5.74) is 0. The van der Waals surface area contributed by atoms with Crippen molar-refractivity contribution in [3.63, 3.8) is 0 Å². The van der Waals surface area contributed by atoms with Gasteiger partial charge in [-0.05, 0) is 0 Å². The Bertz CT molecular complexity index is 259. The number of methoxy groups -OCH3 is 1. The largest absolute Gasteiger partial charge is 0.394 e. The average molecular weight is 249 g/mol. The SMILES string of the molecule is CCC(=O)N[C@@H]1OC(CO)[C@@H](OC)[C@H](O)C1O. The lowest BCUT2D eigenvalue weighted by Gasteiger charge is -2.41. The Morgan fingerprint density at radius 1 is 1.41 bits per heavy atom. The van der Waals surface area contributed by atoms with Crippen LogP contribution in [0, 0.1) is 0 Å². The minimum absolute atomic E-state index is 0.236. The summed E-state index contributed by atoms with van der Waals surface area (Å²) in [5.74, 6) is -0.311. The van der Waals surface area contributed by atoms with Crippen molar-refractivity contribution in [2.24, 2.45) is 0 Å². The molecule has 0 radical (unpaired) electrons. The first kappa shape index (κ1) is 14.3. The highest BCUT2D eigenvalue weighted by molar-refractivity contribution is 5.75. The van der Waals surface area contributed by atoms with Crippen LogP contribution >= 0.6 is 0 Å². The second-order valence-electron chi connectivity index (χ2n) is 3.88. The number of carbonyl (C=O) groups excluding carboxylic acids is 1. The van der Waals surface area contributed by atoms with Gasteiger partial charge in [0.05, 0.1) is 6.61 Å². The minimum Gasteiger partial charge on any atom is -0.394 e. The average Bonchev–Trinajstić information content (AvgIpc) is 2.34. The third-order valence-corrected chi connectivity index (χ3v) is 2.76. The zero-order valence-electron chi connectivity index (χ0n) is 9.87. The van der Waals surface area contributed by atoms with Crippen LogP contribution in [0.2, 0.25) is 0 Å². The molecule has 4 N–H and O–H groups in total. The molecule has 1 heterocycles. The fourth-order valence-electron chi connectivity index (χ4n) is 1.76. The van der Waals surface area contributed by atoms with Gasteiger partial charge in [-0.25, -0.2) is 0 Å². The number of ether oxygens (including phenoxy) is 2. The maximum Gasteiger partial charge on any atom is 0.221 e. The Kier molecular flexibility index (Phi) is 5.29. The summed E-state index contributed by atoms with van der Waals surface area (Å²) in [7, 11) is 1.34. The number of aliphatic hydroxyl groups excluding tert-OH is 3. The summed E-state index contributed by atoms with van der Waals surface area (Å²) in [6.07, 6.45) is -4.95. The number of hydrogen-bond acceptors (Lipinski definition) is 6. The number of rotatable bonds is 4. The summed E-state index contributed by atoms with van der Waals surface area (Å²) in [6, 6.07) is 0. The van der Waals surface area contributed by atoms with Gasteiger partial charge < -0.3 is 30.1 Å². The minimum atomic E-state index is -1.29. The van der Waals surface area contributed by atoms with Gasteiger partial charge >= 0.3 is 0 Å². The van der Waals surface area contributed by atoms with Crippen molar-refractivity contribution in [1.82, 2.24) is 5.32 Å². The van der Waals surface area contributed by atoms with Crippen LogP contribution in [-0.4, -0.2) is 65.6 Å². The molecule has 0 bridgehead atoms. The third-order valence-electron chi connectivity index (χ3n) is 2.76. The molecule has 1 rings (SSSR count). The van der Waals surface area contributed by atoms with Crippen LogP contribution in [0.4, 0.5) is 0 Å². The Morgan fingerprint density at radius 3 is 2.53 bits per heavy atom. The van der Waals surface area contributed by atoms with Crippen LogP contribution in [0.15, 0.2) is 0 Å². The lowest BCUT2D eigenvalue weighted by molar-refractivity contribution is -0.242. The molecule has 0 aromatic rings. The fourth-order valence-corrected chi connectivity index (χ4v) is 1.76. The Hall–Kier alpha value is -0.730. The number of amides is 1. The second-order valence-corrected chi connectivity index (χ2v) is 3.88. The standard InChI is InChI=1S/C10H19NO6/c1-3-6(13)11-10-8(15)7(14)9(16-2)5(4-12)17-10/h5,7-10,12,14-15H,3-4H2,1-2H3,(H,11,13)/t5?,7-,8?,9-,10-/m1/s1. The van der Waals surface area contributed by atoms with E-state index in [1.165, 1.54) is 7.11 Å². The molecule has 1 saturated heterocycles. The molecule has 7 heteroatoms. The zero-order valence-corrected chi connectivity index (χ0v) is 9.87. The molecule has 7 nitrogen and oxygen atoms in total. The normalized spacial score (nSPS) is 37.8.